The zero-order valence-corrected chi connectivity index (χ0v) is 17.6. The highest BCUT2D eigenvalue weighted by Gasteiger charge is 2.15. The molecule has 1 aliphatic carbocycles. The molecule has 1 amide bonds. The Morgan fingerprint density at radius 1 is 1.11 bits per heavy atom. The summed E-state index contributed by atoms with van der Waals surface area (Å²) in [6, 6.07) is 0.379. The van der Waals surface area contributed by atoms with E-state index in [0.717, 1.165) is 77.6 Å². The number of ether oxygens (including phenoxy) is 2. The van der Waals surface area contributed by atoms with Crippen molar-refractivity contribution < 1.29 is 14.3 Å². The molecule has 28 heavy (non-hydrogen) atoms. The van der Waals surface area contributed by atoms with Crippen molar-refractivity contribution in [1.29, 1.82) is 0 Å². The lowest BCUT2D eigenvalue weighted by molar-refractivity contribution is -0.121. The van der Waals surface area contributed by atoms with Crippen LogP contribution in [-0.4, -0.2) is 64.0 Å². The summed E-state index contributed by atoms with van der Waals surface area (Å²) in [5.74, 6) is 1.56. The van der Waals surface area contributed by atoms with Crippen LogP contribution in [0, 0.1) is 5.92 Å². The topological polar surface area (TPSA) is 84.0 Å². The van der Waals surface area contributed by atoms with E-state index in [-0.39, 0.29) is 5.91 Å². The number of rotatable bonds is 11. The van der Waals surface area contributed by atoms with Gasteiger partial charge >= 0.3 is 0 Å². The summed E-state index contributed by atoms with van der Waals surface area (Å²) in [6.07, 6.45) is 9.63. The third-order valence-electron chi connectivity index (χ3n) is 5.37. The Labute approximate surface area is 170 Å². The lowest BCUT2D eigenvalue weighted by atomic mass is 9.95. The van der Waals surface area contributed by atoms with E-state index in [1.807, 2.05) is 6.92 Å². The monoisotopic (exact) mass is 396 g/mol. The summed E-state index contributed by atoms with van der Waals surface area (Å²) in [4.78, 5) is 16.7. The highest BCUT2D eigenvalue weighted by molar-refractivity contribution is 5.81. The molecule has 0 aromatic rings. The van der Waals surface area contributed by atoms with E-state index < -0.39 is 0 Å². The molecule has 0 aromatic carbocycles. The van der Waals surface area contributed by atoms with Crippen molar-refractivity contribution in [3.63, 3.8) is 0 Å². The van der Waals surface area contributed by atoms with E-state index in [1.54, 1.807) is 0 Å². The molecular weight excluding hydrogens is 356 g/mol. The van der Waals surface area contributed by atoms with Crippen molar-refractivity contribution in [2.75, 3.05) is 46.1 Å². The molecule has 7 nitrogen and oxygen atoms in total. The number of nitrogens with zero attached hydrogens (tertiary/aromatic N) is 1. The lowest BCUT2D eigenvalue weighted by Gasteiger charge is -2.22. The van der Waals surface area contributed by atoms with Gasteiger partial charge in [0.2, 0.25) is 5.91 Å². The Hall–Kier alpha value is -1.34. The average Bonchev–Trinajstić information content (AvgIpc) is 2.72. The fourth-order valence-corrected chi connectivity index (χ4v) is 3.70. The smallest absolute Gasteiger partial charge is 0.221 e. The Balaban J connectivity index is 1.53. The first-order chi connectivity index (χ1) is 13.8. The number of carbonyl (C=O) groups excluding carboxylic acids is 1. The van der Waals surface area contributed by atoms with Crippen LogP contribution in [0.25, 0.3) is 0 Å². The molecule has 2 fully saturated rings. The molecule has 0 aromatic heterocycles. The van der Waals surface area contributed by atoms with Gasteiger partial charge in [0, 0.05) is 58.5 Å². The molecule has 0 atom stereocenters. The van der Waals surface area contributed by atoms with Gasteiger partial charge in [-0.2, -0.15) is 0 Å². The molecule has 3 N–H and O–H groups in total. The minimum Gasteiger partial charge on any atom is -0.381 e. The zero-order valence-electron chi connectivity index (χ0n) is 17.6. The molecule has 0 unspecified atom stereocenters. The number of nitrogens with one attached hydrogen (secondary N) is 3. The van der Waals surface area contributed by atoms with E-state index in [9.17, 15) is 4.79 Å². The third kappa shape index (κ3) is 10.3. The van der Waals surface area contributed by atoms with Crippen LogP contribution in [0.4, 0.5) is 0 Å². The van der Waals surface area contributed by atoms with Crippen molar-refractivity contribution >= 4 is 11.9 Å². The third-order valence-corrected chi connectivity index (χ3v) is 5.37. The Kier molecular flexibility index (Phi) is 12.0. The maximum absolute atomic E-state index is 12.1. The summed E-state index contributed by atoms with van der Waals surface area (Å²) < 4.78 is 11.1. The van der Waals surface area contributed by atoms with Gasteiger partial charge in [-0.3, -0.25) is 9.79 Å². The van der Waals surface area contributed by atoms with Crippen LogP contribution in [0.5, 0.6) is 0 Å². The maximum Gasteiger partial charge on any atom is 0.221 e. The van der Waals surface area contributed by atoms with Crippen LogP contribution in [0.15, 0.2) is 4.99 Å². The number of amides is 1. The Bertz CT molecular complexity index is 447. The number of hydrogen-bond acceptors (Lipinski definition) is 4. The van der Waals surface area contributed by atoms with Crippen LogP contribution in [0.3, 0.4) is 0 Å². The molecule has 1 saturated carbocycles. The number of hydrogen-bond donors (Lipinski definition) is 3. The standard InChI is InChI=1S/C21H40N4O3/c1-2-22-21(23-12-6-14-28-17-18-10-15-27-16-11-18)24-13-9-20(26)25-19-7-4-3-5-8-19/h18-19H,2-17H2,1H3,(H,25,26)(H2,22,23,24). The quantitative estimate of drug-likeness (QED) is 0.283. The first kappa shape index (κ1) is 22.9. The molecule has 0 radical (unpaired) electrons. The molecular formula is C21H40N4O3. The molecule has 1 heterocycles. The second-order valence-corrected chi connectivity index (χ2v) is 7.82. The van der Waals surface area contributed by atoms with Gasteiger partial charge in [-0.1, -0.05) is 19.3 Å². The number of guanidine groups is 1. The first-order valence-electron chi connectivity index (χ1n) is 11.2. The van der Waals surface area contributed by atoms with Crippen LogP contribution in [0.1, 0.15) is 64.7 Å². The van der Waals surface area contributed by atoms with Gasteiger partial charge in [-0.05, 0) is 44.9 Å². The van der Waals surface area contributed by atoms with Crippen molar-refractivity contribution in [2.45, 2.75) is 70.8 Å². The minimum atomic E-state index is 0.136. The van der Waals surface area contributed by atoms with E-state index >= 15 is 0 Å². The average molecular weight is 397 g/mol. The van der Waals surface area contributed by atoms with Gasteiger partial charge < -0.3 is 25.4 Å². The second-order valence-electron chi connectivity index (χ2n) is 7.82. The van der Waals surface area contributed by atoms with E-state index in [0.29, 0.717) is 24.9 Å². The van der Waals surface area contributed by atoms with Crippen molar-refractivity contribution in [2.24, 2.45) is 10.9 Å². The van der Waals surface area contributed by atoms with Crippen molar-refractivity contribution in [3.8, 4) is 0 Å². The minimum absolute atomic E-state index is 0.136. The molecule has 1 aliphatic heterocycles. The molecule has 2 aliphatic rings. The summed E-state index contributed by atoms with van der Waals surface area (Å²) in [7, 11) is 0. The summed E-state index contributed by atoms with van der Waals surface area (Å²) in [5, 5.41) is 9.64. The van der Waals surface area contributed by atoms with Crippen molar-refractivity contribution in [1.82, 2.24) is 16.0 Å². The van der Waals surface area contributed by atoms with Crippen LogP contribution in [-0.2, 0) is 14.3 Å². The predicted octanol–water partition coefficient (Wildman–Crippen LogP) is 2.21. The summed E-state index contributed by atoms with van der Waals surface area (Å²) in [6.45, 7) is 7.49. The predicted molar refractivity (Wildman–Crippen MR) is 113 cm³/mol. The van der Waals surface area contributed by atoms with E-state index in [2.05, 4.69) is 20.9 Å². The molecule has 1 saturated heterocycles. The summed E-state index contributed by atoms with van der Waals surface area (Å²) in [5.41, 5.74) is 0. The summed E-state index contributed by atoms with van der Waals surface area (Å²) >= 11 is 0. The van der Waals surface area contributed by atoms with E-state index in [1.165, 1.54) is 19.3 Å². The Morgan fingerprint density at radius 2 is 1.89 bits per heavy atom. The fraction of sp³-hybridized carbons (Fsp3) is 0.905. The lowest BCUT2D eigenvalue weighted by Crippen LogP contribution is -2.41. The van der Waals surface area contributed by atoms with Gasteiger partial charge in [0.25, 0.3) is 0 Å². The largest absolute Gasteiger partial charge is 0.381 e. The Morgan fingerprint density at radius 3 is 2.64 bits per heavy atom. The maximum atomic E-state index is 12.1. The van der Waals surface area contributed by atoms with E-state index in [4.69, 9.17) is 9.47 Å². The van der Waals surface area contributed by atoms with Gasteiger partial charge in [0.15, 0.2) is 5.96 Å². The molecule has 2 rings (SSSR count). The van der Waals surface area contributed by atoms with Gasteiger partial charge in [-0.15, -0.1) is 0 Å². The molecule has 162 valence electrons. The second kappa shape index (κ2) is 14.6. The zero-order chi connectivity index (χ0) is 19.9. The van der Waals surface area contributed by atoms with Gasteiger partial charge in [0.1, 0.15) is 0 Å². The molecule has 7 heteroatoms. The number of carbonyl (C=O) groups is 1. The highest BCUT2D eigenvalue weighted by Crippen LogP contribution is 2.17. The van der Waals surface area contributed by atoms with Gasteiger partial charge in [0.05, 0.1) is 0 Å². The van der Waals surface area contributed by atoms with Crippen LogP contribution < -0.4 is 16.0 Å². The highest BCUT2D eigenvalue weighted by atomic mass is 16.5. The first-order valence-corrected chi connectivity index (χ1v) is 11.2. The van der Waals surface area contributed by atoms with Crippen LogP contribution in [0.2, 0.25) is 0 Å². The van der Waals surface area contributed by atoms with Crippen LogP contribution >= 0.6 is 0 Å². The van der Waals surface area contributed by atoms with Crippen molar-refractivity contribution in [3.05, 3.63) is 0 Å². The molecule has 0 bridgehead atoms. The van der Waals surface area contributed by atoms with Gasteiger partial charge in [-0.25, -0.2) is 0 Å². The number of aliphatic imine (C=N–C) groups is 1. The normalized spacial score (nSPS) is 19.4. The SMILES string of the molecule is CCNC(=NCCCOCC1CCOCC1)NCCC(=O)NC1CCCCC1. The fourth-order valence-electron chi connectivity index (χ4n) is 3.70. The molecule has 0 spiro atoms.